The van der Waals surface area contributed by atoms with Gasteiger partial charge in [0.1, 0.15) is 5.75 Å². The van der Waals surface area contributed by atoms with Crippen LogP contribution in [-0.2, 0) is 0 Å². The molecule has 6 nitrogen and oxygen atoms in total. The van der Waals surface area contributed by atoms with Crippen molar-refractivity contribution in [3.8, 4) is 16.3 Å². The molecule has 0 atom stereocenters. The van der Waals surface area contributed by atoms with E-state index in [1.807, 2.05) is 47.8 Å². The molecule has 128 valence electrons. The zero-order chi connectivity index (χ0) is 17.9. The fourth-order valence-corrected chi connectivity index (χ4v) is 3.32. The fraction of sp³-hybridized carbons (Fsp3) is 0. The number of carbonyl (C=O) groups is 1. The van der Waals surface area contributed by atoms with Gasteiger partial charge in [-0.3, -0.25) is 9.89 Å². The third-order valence-corrected chi connectivity index (χ3v) is 4.81. The molecule has 0 radical (unpaired) electrons. The Morgan fingerprint density at radius 1 is 1.19 bits per heavy atom. The summed E-state index contributed by atoms with van der Waals surface area (Å²) in [5.41, 5.74) is 4.01. The fourth-order valence-electron chi connectivity index (χ4n) is 2.63. The predicted molar refractivity (Wildman–Crippen MR) is 103 cm³/mol. The highest BCUT2D eigenvalue weighted by molar-refractivity contribution is 7.13. The third-order valence-electron chi connectivity index (χ3n) is 3.90. The summed E-state index contributed by atoms with van der Waals surface area (Å²) in [6, 6.07) is 16.6. The van der Waals surface area contributed by atoms with Gasteiger partial charge in [0.25, 0.3) is 5.91 Å². The van der Waals surface area contributed by atoms with E-state index in [9.17, 15) is 9.90 Å². The second kappa shape index (κ2) is 6.81. The molecule has 4 aromatic rings. The van der Waals surface area contributed by atoms with Crippen LogP contribution in [0.2, 0.25) is 0 Å². The number of fused-ring (bicyclic) bond motifs is 1. The largest absolute Gasteiger partial charge is 0.507 e. The number of nitrogens with one attached hydrogen (secondary N) is 2. The minimum Gasteiger partial charge on any atom is -0.507 e. The van der Waals surface area contributed by atoms with Crippen LogP contribution in [0.5, 0.6) is 5.75 Å². The van der Waals surface area contributed by atoms with Gasteiger partial charge in [-0.05, 0) is 34.4 Å². The number of aromatic hydroxyl groups is 1. The van der Waals surface area contributed by atoms with Crippen LogP contribution < -0.4 is 5.43 Å². The summed E-state index contributed by atoms with van der Waals surface area (Å²) in [6.45, 7) is 0. The van der Waals surface area contributed by atoms with Crippen LogP contribution in [0.25, 0.3) is 21.3 Å². The summed E-state index contributed by atoms with van der Waals surface area (Å²) in [6.07, 6.45) is 1.43. The van der Waals surface area contributed by atoms with Crippen LogP contribution in [0.3, 0.4) is 0 Å². The number of hydrazone groups is 1. The Labute approximate surface area is 152 Å². The lowest BCUT2D eigenvalue weighted by Gasteiger charge is -2.04. The van der Waals surface area contributed by atoms with Crippen molar-refractivity contribution in [1.82, 2.24) is 15.6 Å². The zero-order valence-corrected chi connectivity index (χ0v) is 14.3. The average Bonchev–Trinajstić information content (AvgIpc) is 3.35. The second-order valence-corrected chi connectivity index (χ2v) is 6.51. The summed E-state index contributed by atoms with van der Waals surface area (Å²) in [7, 11) is 0. The number of rotatable bonds is 4. The lowest BCUT2D eigenvalue weighted by Crippen LogP contribution is -2.18. The topological polar surface area (TPSA) is 90.4 Å². The molecule has 1 amide bonds. The van der Waals surface area contributed by atoms with Crippen molar-refractivity contribution in [3.63, 3.8) is 0 Å². The van der Waals surface area contributed by atoms with Crippen LogP contribution >= 0.6 is 11.3 Å². The Bertz CT molecular complexity index is 1100. The number of phenolic OH excluding ortho intramolecular Hbond substituents is 1. The van der Waals surface area contributed by atoms with E-state index in [4.69, 9.17) is 0 Å². The molecule has 0 unspecified atom stereocenters. The van der Waals surface area contributed by atoms with Crippen LogP contribution in [0, 0.1) is 0 Å². The molecule has 0 aliphatic carbocycles. The first-order chi connectivity index (χ1) is 12.7. The Morgan fingerprint density at radius 2 is 2.08 bits per heavy atom. The molecule has 26 heavy (non-hydrogen) atoms. The Hall–Kier alpha value is -3.45. The third kappa shape index (κ3) is 3.07. The number of hydrogen-bond donors (Lipinski definition) is 3. The monoisotopic (exact) mass is 362 g/mol. The molecule has 0 saturated heterocycles. The molecule has 0 spiro atoms. The van der Waals surface area contributed by atoms with E-state index >= 15 is 0 Å². The molecular formula is C19H14N4O2S. The highest BCUT2D eigenvalue weighted by Crippen LogP contribution is 2.25. The van der Waals surface area contributed by atoms with E-state index in [1.54, 1.807) is 23.5 Å². The minimum atomic E-state index is -0.431. The second-order valence-electron chi connectivity index (χ2n) is 5.56. The maximum atomic E-state index is 12.2. The van der Waals surface area contributed by atoms with Crippen molar-refractivity contribution in [2.45, 2.75) is 0 Å². The maximum Gasteiger partial charge on any atom is 0.291 e. The van der Waals surface area contributed by atoms with E-state index in [-0.39, 0.29) is 11.4 Å². The summed E-state index contributed by atoms with van der Waals surface area (Å²) in [4.78, 5) is 13.2. The van der Waals surface area contributed by atoms with Gasteiger partial charge < -0.3 is 5.11 Å². The van der Waals surface area contributed by atoms with Crippen LogP contribution in [0.4, 0.5) is 0 Å². The first-order valence-electron chi connectivity index (χ1n) is 7.86. The van der Waals surface area contributed by atoms with Crippen LogP contribution in [0.15, 0.2) is 65.1 Å². The van der Waals surface area contributed by atoms with Gasteiger partial charge in [0.2, 0.25) is 0 Å². The van der Waals surface area contributed by atoms with Gasteiger partial charge >= 0.3 is 0 Å². The highest BCUT2D eigenvalue weighted by atomic mass is 32.1. The number of carbonyl (C=O) groups excluding carboxylic acids is 1. The first-order valence-corrected chi connectivity index (χ1v) is 8.74. The lowest BCUT2D eigenvalue weighted by molar-refractivity contribution is 0.0950. The lowest BCUT2D eigenvalue weighted by atomic mass is 10.0. The van der Waals surface area contributed by atoms with Gasteiger partial charge in [-0.2, -0.15) is 10.2 Å². The van der Waals surface area contributed by atoms with Crippen molar-refractivity contribution in [2.24, 2.45) is 5.10 Å². The molecule has 0 saturated carbocycles. The smallest absolute Gasteiger partial charge is 0.291 e. The summed E-state index contributed by atoms with van der Waals surface area (Å²) in [5, 5.41) is 24.7. The van der Waals surface area contributed by atoms with Crippen molar-refractivity contribution in [1.29, 1.82) is 0 Å². The molecule has 0 fully saturated rings. The number of nitrogens with zero attached hydrogens (tertiary/aromatic N) is 2. The number of benzene rings is 2. The first kappa shape index (κ1) is 16.0. The zero-order valence-electron chi connectivity index (χ0n) is 13.5. The normalized spacial score (nSPS) is 11.2. The van der Waals surface area contributed by atoms with Gasteiger partial charge in [-0.25, -0.2) is 5.43 Å². The number of H-pyrrole nitrogens is 1. The molecule has 7 heteroatoms. The highest BCUT2D eigenvalue weighted by Gasteiger charge is 2.11. The van der Waals surface area contributed by atoms with Crippen LogP contribution in [-0.4, -0.2) is 27.4 Å². The Balaban J connectivity index is 1.52. The quantitative estimate of drug-likeness (QED) is 0.381. The molecule has 0 bridgehead atoms. The summed E-state index contributed by atoms with van der Waals surface area (Å²) < 4.78 is 0. The minimum absolute atomic E-state index is 0.0986. The van der Waals surface area contributed by atoms with Gasteiger partial charge in [0.15, 0.2) is 5.69 Å². The van der Waals surface area contributed by atoms with E-state index in [1.165, 1.54) is 6.21 Å². The molecule has 2 heterocycles. The average molecular weight is 362 g/mol. The SMILES string of the molecule is O=C(N/N=C\c1c(O)ccc2ccccc12)c1cc(-c2cccs2)[nH]n1. The van der Waals surface area contributed by atoms with Gasteiger partial charge in [0.05, 0.1) is 16.8 Å². The van der Waals surface area contributed by atoms with Crippen LogP contribution in [0.1, 0.15) is 16.1 Å². The molecule has 4 rings (SSSR count). The Morgan fingerprint density at radius 3 is 2.92 bits per heavy atom. The van der Waals surface area contributed by atoms with Crippen molar-refractivity contribution in [2.75, 3.05) is 0 Å². The molecule has 0 aliphatic rings. The van der Waals surface area contributed by atoms with Crippen molar-refractivity contribution < 1.29 is 9.90 Å². The number of thiophene rings is 1. The van der Waals surface area contributed by atoms with Crippen molar-refractivity contribution in [3.05, 3.63) is 71.2 Å². The van der Waals surface area contributed by atoms with Gasteiger partial charge in [-0.1, -0.05) is 36.4 Å². The molecule has 2 aromatic heterocycles. The number of aromatic nitrogens is 2. The summed E-state index contributed by atoms with van der Waals surface area (Å²) in [5.74, 6) is -0.332. The number of hydrogen-bond acceptors (Lipinski definition) is 5. The summed E-state index contributed by atoms with van der Waals surface area (Å²) >= 11 is 1.56. The number of phenols is 1. The van der Waals surface area contributed by atoms with Gasteiger partial charge in [0, 0.05) is 5.56 Å². The van der Waals surface area contributed by atoms with E-state index in [0.717, 1.165) is 21.3 Å². The Kier molecular flexibility index (Phi) is 4.20. The van der Waals surface area contributed by atoms with Crippen molar-refractivity contribution >= 4 is 34.2 Å². The molecule has 0 aliphatic heterocycles. The maximum absolute atomic E-state index is 12.2. The van der Waals surface area contributed by atoms with E-state index in [2.05, 4.69) is 20.7 Å². The number of amides is 1. The van der Waals surface area contributed by atoms with E-state index < -0.39 is 5.91 Å². The number of aromatic amines is 1. The molecular weight excluding hydrogens is 348 g/mol. The van der Waals surface area contributed by atoms with E-state index in [0.29, 0.717) is 5.56 Å². The molecule has 3 N–H and O–H groups in total. The predicted octanol–water partition coefficient (Wildman–Crippen LogP) is 3.76. The molecule has 2 aromatic carbocycles. The standard InChI is InChI=1S/C19H14N4O2S/c24-17-8-7-12-4-1-2-5-13(12)14(17)11-20-23-19(25)16-10-15(21-22-16)18-6-3-9-26-18/h1-11,24H,(H,21,22)(H,23,25)/b20-11-. The van der Waals surface area contributed by atoms with Gasteiger partial charge in [-0.15, -0.1) is 11.3 Å².